The zero-order valence-electron chi connectivity index (χ0n) is 15.6. The van der Waals surface area contributed by atoms with Gasteiger partial charge in [-0.05, 0) is 43.5 Å². The minimum atomic E-state index is -4.49. The molecule has 29 heavy (non-hydrogen) atoms. The van der Waals surface area contributed by atoms with Crippen LogP contribution in [0.15, 0.2) is 24.3 Å². The molecule has 10 heteroatoms. The summed E-state index contributed by atoms with van der Waals surface area (Å²) < 4.78 is 50.3. The van der Waals surface area contributed by atoms with Gasteiger partial charge in [0.25, 0.3) is 11.8 Å². The van der Waals surface area contributed by atoms with Crippen molar-refractivity contribution in [1.82, 2.24) is 20.4 Å². The molecule has 0 atom stereocenters. The van der Waals surface area contributed by atoms with Gasteiger partial charge < -0.3 is 10.2 Å². The Labute approximate surface area is 164 Å². The van der Waals surface area contributed by atoms with Crippen LogP contribution in [0.5, 0.6) is 0 Å². The highest BCUT2D eigenvalue weighted by molar-refractivity contribution is 5.94. The zero-order chi connectivity index (χ0) is 21.2. The quantitative estimate of drug-likeness (QED) is 0.758. The van der Waals surface area contributed by atoms with Gasteiger partial charge in [0.1, 0.15) is 18.1 Å². The molecule has 1 aliphatic rings. The number of hydrogen-bond donors (Lipinski definition) is 2. The highest BCUT2D eigenvalue weighted by atomic mass is 19.4. The second kappa shape index (κ2) is 8.22. The monoisotopic (exact) mass is 412 g/mol. The van der Waals surface area contributed by atoms with Crippen LogP contribution in [0.1, 0.15) is 50.9 Å². The second-order valence-corrected chi connectivity index (χ2v) is 7.04. The average molecular weight is 412 g/mol. The molecule has 0 radical (unpaired) electrons. The molecule has 2 aromatic rings. The molecule has 2 N–H and O–H groups in total. The van der Waals surface area contributed by atoms with Gasteiger partial charge in [-0.2, -0.15) is 18.3 Å². The van der Waals surface area contributed by atoms with E-state index in [0.29, 0.717) is 37.2 Å². The number of hydrogen-bond acceptors (Lipinski definition) is 3. The van der Waals surface area contributed by atoms with Crippen LogP contribution in [0.4, 0.5) is 17.6 Å². The Balaban J connectivity index is 1.57. The number of benzene rings is 1. The van der Waals surface area contributed by atoms with Gasteiger partial charge in [-0.1, -0.05) is 6.07 Å². The molecule has 156 valence electrons. The van der Waals surface area contributed by atoms with Crippen molar-refractivity contribution in [3.05, 3.63) is 52.6 Å². The van der Waals surface area contributed by atoms with Gasteiger partial charge in [0.05, 0.1) is 0 Å². The average Bonchev–Trinajstić information content (AvgIpc) is 3.17. The standard InChI is InChI=1S/C19H20F4N4O2/c1-11-2-3-13(8-14(11)20)18(29)27-6-4-12(5-7-27)15-9-16(26-25-15)17(28)24-10-19(21,22)23/h2-3,8-9,12H,4-7,10H2,1H3,(H,24,28)(H,25,26). The van der Waals surface area contributed by atoms with Gasteiger partial charge in [0, 0.05) is 30.3 Å². The van der Waals surface area contributed by atoms with Crippen LogP contribution in [0, 0.1) is 12.7 Å². The van der Waals surface area contributed by atoms with E-state index in [9.17, 15) is 27.2 Å². The molecule has 0 spiro atoms. The summed E-state index contributed by atoms with van der Waals surface area (Å²) in [5.41, 5.74) is 1.28. The molecule has 0 bridgehead atoms. The smallest absolute Gasteiger partial charge is 0.342 e. The van der Waals surface area contributed by atoms with Gasteiger partial charge in [-0.25, -0.2) is 4.39 Å². The van der Waals surface area contributed by atoms with E-state index in [1.165, 1.54) is 12.1 Å². The third-order valence-electron chi connectivity index (χ3n) is 4.92. The summed E-state index contributed by atoms with van der Waals surface area (Å²) in [5.74, 6) is -1.59. The Morgan fingerprint density at radius 3 is 2.55 bits per heavy atom. The maximum Gasteiger partial charge on any atom is 0.405 e. The lowest BCUT2D eigenvalue weighted by atomic mass is 9.93. The number of amides is 2. The van der Waals surface area contributed by atoms with E-state index in [4.69, 9.17) is 0 Å². The topological polar surface area (TPSA) is 78.1 Å². The number of aromatic amines is 1. The lowest BCUT2D eigenvalue weighted by Crippen LogP contribution is -2.38. The van der Waals surface area contributed by atoms with Gasteiger partial charge in [0.15, 0.2) is 0 Å². The van der Waals surface area contributed by atoms with Gasteiger partial charge in [-0.15, -0.1) is 0 Å². The number of carbonyl (C=O) groups excluding carboxylic acids is 2. The Bertz CT molecular complexity index is 902. The Kier molecular flexibility index (Phi) is 5.90. The third-order valence-corrected chi connectivity index (χ3v) is 4.92. The van der Waals surface area contributed by atoms with Crippen LogP contribution in [-0.4, -0.2) is 52.7 Å². The van der Waals surface area contributed by atoms with E-state index in [2.05, 4.69) is 10.2 Å². The number of nitrogens with one attached hydrogen (secondary N) is 2. The molecule has 2 amide bonds. The van der Waals surface area contributed by atoms with Crippen LogP contribution in [-0.2, 0) is 0 Å². The Morgan fingerprint density at radius 2 is 1.93 bits per heavy atom. The fourth-order valence-electron chi connectivity index (χ4n) is 3.24. The summed E-state index contributed by atoms with van der Waals surface area (Å²) in [6.07, 6.45) is -3.31. The summed E-state index contributed by atoms with van der Waals surface area (Å²) in [4.78, 5) is 25.9. The van der Waals surface area contributed by atoms with Crippen LogP contribution in [0.3, 0.4) is 0 Å². The second-order valence-electron chi connectivity index (χ2n) is 7.04. The van der Waals surface area contributed by atoms with Crippen molar-refractivity contribution in [1.29, 1.82) is 0 Å². The number of aromatic nitrogens is 2. The van der Waals surface area contributed by atoms with Crippen molar-refractivity contribution in [3.8, 4) is 0 Å². The van der Waals surface area contributed by atoms with Crippen molar-refractivity contribution in [2.45, 2.75) is 31.9 Å². The predicted molar refractivity (Wildman–Crippen MR) is 96.0 cm³/mol. The van der Waals surface area contributed by atoms with Gasteiger partial charge in [0.2, 0.25) is 0 Å². The lowest BCUT2D eigenvalue weighted by Gasteiger charge is -2.31. The lowest BCUT2D eigenvalue weighted by molar-refractivity contribution is -0.123. The minimum Gasteiger partial charge on any atom is -0.342 e. The summed E-state index contributed by atoms with van der Waals surface area (Å²) in [6, 6.07) is 5.81. The van der Waals surface area contributed by atoms with Gasteiger partial charge >= 0.3 is 6.18 Å². The van der Waals surface area contributed by atoms with Crippen molar-refractivity contribution in [2.24, 2.45) is 0 Å². The molecule has 6 nitrogen and oxygen atoms in total. The normalized spacial score (nSPS) is 15.4. The van der Waals surface area contributed by atoms with Crippen molar-refractivity contribution >= 4 is 11.8 Å². The maximum atomic E-state index is 13.7. The Hall–Kier alpha value is -2.91. The van der Waals surface area contributed by atoms with E-state index in [1.54, 1.807) is 29.3 Å². The van der Waals surface area contributed by atoms with Crippen LogP contribution >= 0.6 is 0 Å². The fourth-order valence-corrected chi connectivity index (χ4v) is 3.24. The molecule has 2 heterocycles. The summed E-state index contributed by atoms with van der Waals surface area (Å²) in [5, 5.41) is 8.26. The number of rotatable bonds is 4. The molecule has 0 aliphatic carbocycles. The summed E-state index contributed by atoms with van der Waals surface area (Å²) in [7, 11) is 0. The Morgan fingerprint density at radius 1 is 1.24 bits per heavy atom. The number of alkyl halides is 3. The van der Waals surface area contributed by atoms with Crippen LogP contribution in [0.2, 0.25) is 0 Å². The molecule has 3 rings (SSSR count). The molecule has 0 unspecified atom stereocenters. The first-order valence-corrected chi connectivity index (χ1v) is 9.10. The largest absolute Gasteiger partial charge is 0.405 e. The number of likely N-dealkylation sites (tertiary alicyclic amines) is 1. The molecule has 1 aromatic carbocycles. The molecule has 1 saturated heterocycles. The predicted octanol–water partition coefficient (Wildman–Crippen LogP) is 3.17. The zero-order valence-corrected chi connectivity index (χ0v) is 15.6. The molecular weight excluding hydrogens is 392 g/mol. The number of carbonyl (C=O) groups is 2. The van der Waals surface area contributed by atoms with Crippen LogP contribution < -0.4 is 5.32 Å². The summed E-state index contributed by atoms with van der Waals surface area (Å²) >= 11 is 0. The highest BCUT2D eigenvalue weighted by Crippen LogP contribution is 2.28. The molecule has 1 aromatic heterocycles. The number of nitrogens with zero attached hydrogens (tertiary/aromatic N) is 2. The summed E-state index contributed by atoms with van der Waals surface area (Å²) in [6.45, 7) is 1.08. The van der Waals surface area contributed by atoms with Crippen molar-refractivity contribution < 1.29 is 27.2 Å². The highest BCUT2D eigenvalue weighted by Gasteiger charge is 2.29. The first-order valence-electron chi connectivity index (χ1n) is 9.10. The molecule has 1 fully saturated rings. The molecular formula is C19H20F4N4O2. The molecule has 1 aliphatic heterocycles. The molecule has 0 saturated carbocycles. The number of halogens is 4. The first kappa shape index (κ1) is 20.8. The van der Waals surface area contributed by atoms with Crippen LogP contribution in [0.25, 0.3) is 0 Å². The van der Waals surface area contributed by atoms with E-state index < -0.39 is 24.4 Å². The third kappa shape index (κ3) is 5.12. The van der Waals surface area contributed by atoms with Gasteiger partial charge in [-0.3, -0.25) is 14.7 Å². The van der Waals surface area contributed by atoms with E-state index >= 15 is 0 Å². The van der Waals surface area contributed by atoms with E-state index in [-0.39, 0.29) is 23.1 Å². The number of piperidine rings is 1. The minimum absolute atomic E-state index is 0.00882. The van der Waals surface area contributed by atoms with Crippen molar-refractivity contribution in [2.75, 3.05) is 19.6 Å². The van der Waals surface area contributed by atoms with E-state index in [1.807, 2.05) is 0 Å². The van der Waals surface area contributed by atoms with Crippen molar-refractivity contribution in [3.63, 3.8) is 0 Å². The fraction of sp³-hybridized carbons (Fsp3) is 0.421. The first-order chi connectivity index (χ1) is 13.6. The maximum absolute atomic E-state index is 13.7. The SMILES string of the molecule is Cc1ccc(C(=O)N2CCC(c3cc(C(=O)NCC(F)(F)F)n[nH]3)CC2)cc1F. The number of aryl methyl sites for hydroxylation is 1. The van der Waals surface area contributed by atoms with E-state index in [0.717, 1.165) is 0 Å². The number of H-pyrrole nitrogens is 1.